The molecule has 142 valence electrons. The van der Waals surface area contributed by atoms with Crippen molar-refractivity contribution in [2.24, 2.45) is 4.99 Å². The topological polar surface area (TPSA) is 58.5 Å². The number of hydrogen-bond donors (Lipinski definition) is 1. The molecule has 0 spiro atoms. The summed E-state index contributed by atoms with van der Waals surface area (Å²) in [5.41, 5.74) is 5.98. The zero-order valence-electron chi connectivity index (χ0n) is 15.9. The molecule has 4 nitrogen and oxygen atoms in total. The Morgan fingerprint density at radius 1 is 0.793 bits per heavy atom. The van der Waals surface area contributed by atoms with E-state index in [1.165, 1.54) is 0 Å². The van der Waals surface area contributed by atoms with Gasteiger partial charge in [-0.1, -0.05) is 48.5 Å². The van der Waals surface area contributed by atoms with E-state index in [9.17, 15) is 9.59 Å². The molecule has 2 aliphatic heterocycles. The molecule has 4 heteroatoms. The molecule has 0 amide bonds. The summed E-state index contributed by atoms with van der Waals surface area (Å²) >= 11 is 0. The maximum atomic E-state index is 12.4. The number of fused-ring (bicyclic) bond motifs is 2. The molecule has 2 heterocycles. The number of para-hydroxylation sites is 2. The third-order valence-electron chi connectivity index (χ3n) is 5.65. The minimum absolute atomic E-state index is 0.0762. The van der Waals surface area contributed by atoms with Gasteiger partial charge < -0.3 is 5.32 Å². The minimum atomic E-state index is 0.0762. The summed E-state index contributed by atoms with van der Waals surface area (Å²) in [6.07, 6.45) is 1.59. The molecule has 0 saturated heterocycles. The van der Waals surface area contributed by atoms with E-state index in [0.717, 1.165) is 40.2 Å². The first-order valence-electron chi connectivity index (χ1n) is 9.88. The number of nitrogens with zero attached hydrogens (tertiary/aromatic N) is 1. The molecule has 5 rings (SSSR count). The molecule has 0 aliphatic carbocycles. The molecule has 3 aromatic carbocycles. The summed E-state index contributed by atoms with van der Waals surface area (Å²) in [4.78, 5) is 29.5. The molecule has 3 aromatic rings. The average molecular weight is 380 g/mol. The first-order valence-corrected chi connectivity index (χ1v) is 9.88. The number of benzene rings is 3. The summed E-state index contributed by atoms with van der Waals surface area (Å²) in [5, 5.41) is 3.52. The molecule has 1 N–H and O–H groups in total. The number of carbonyl (C=O) groups excluding carboxylic acids is 2. The van der Waals surface area contributed by atoms with Gasteiger partial charge in [-0.05, 0) is 41.8 Å². The fraction of sp³-hybridized carbons (Fsp3) is 0.160. The molecule has 0 saturated carbocycles. The van der Waals surface area contributed by atoms with Crippen LogP contribution in [0, 0.1) is 0 Å². The molecule has 29 heavy (non-hydrogen) atoms. The van der Waals surface area contributed by atoms with Gasteiger partial charge in [-0.2, -0.15) is 0 Å². The average Bonchev–Trinajstić information content (AvgIpc) is 2.93. The van der Waals surface area contributed by atoms with Gasteiger partial charge in [0.15, 0.2) is 11.6 Å². The van der Waals surface area contributed by atoms with Gasteiger partial charge >= 0.3 is 0 Å². The molecule has 0 radical (unpaired) electrons. The van der Waals surface area contributed by atoms with E-state index >= 15 is 0 Å². The van der Waals surface area contributed by atoms with Crippen molar-refractivity contribution in [3.05, 3.63) is 95.1 Å². The molecular formula is C25H20N2O2. The molecule has 0 bridgehead atoms. The van der Waals surface area contributed by atoms with E-state index in [4.69, 9.17) is 4.99 Å². The van der Waals surface area contributed by atoms with Gasteiger partial charge in [0.1, 0.15) is 0 Å². The number of Topliss-reactive ketones (excluding diaryl/α,β-unsaturated/α-hetero) is 2. The molecule has 1 unspecified atom stereocenters. The molecule has 2 aliphatic rings. The number of anilines is 1. The van der Waals surface area contributed by atoms with Crippen molar-refractivity contribution in [3.8, 4) is 0 Å². The van der Waals surface area contributed by atoms with Crippen LogP contribution >= 0.6 is 0 Å². The SMILES string of the molecule is O=C1CC(c2ccc(C3CCC(=O)c4ccccc4N3)cc2)=Nc2ccccc21. The highest BCUT2D eigenvalue weighted by molar-refractivity contribution is 6.20. The monoisotopic (exact) mass is 380 g/mol. The second kappa shape index (κ2) is 7.13. The smallest absolute Gasteiger partial charge is 0.171 e. The number of hydrogen-bond acceptors (Lipinski definition) is 4. The molecule has 0 fully saturated rings. The van der Waals surface area contributed by atoms with Crippen molar-refractivity contribution < 1.29 is 9.59 Å². The lowest BCUT2D eigenvalue weighted by molar-refractivity contribution is 0.0978. The Hall–Kier alpha value is -3.53. The lowest BCUT2D eigenvalue weighted by Crippen LogP contribution is -2.15. The third kappa shape index (κ3) is 3.27. The zero-order valence-corrected chi connectivity index (χ0v) is 15.9. The highest BCUT2D eigenvalue weighted by Crippen LogP contribution is 2.32. The van der Waals surface area contributed by atoms with Crippen molar-refractivity contribution in [3.63, 3.8) is 0 Å². The van der Waals surface area contributed by atoms with Crippen molar-refractivity contribution >= 4 is 28.7 Å². The van der Waals surface area contributed by atoms with Gasteiger partial charge in [0, 0.05) is 23.2 Å². The Balaban J connectivity index is 1.42. The summed E-state index contributed by atoms with van der Waals surface area (Å²) < 4.78 is 0. The van der Waals surface area contributed by atoms with Gasteiger partial charge in [0.05, 0.1) is 23.9 Å². The maximum Gasteiger partial charge on any atom is 0.171 e. The Morgan fingerprint density at radius 3 is 2.34 bits per heavy atom. The van der Waals surface area contributed by atoms with Gasteiger partial charge in [-0.15, -0.1) is 0 Å². The fourth-order valence-electron chi connectivity index (χ4n) is 4.09. The van der Waals surface area contributed by atoms with Crippen molar-refractivity contribution in [2.45, 2.75) is 25.3 Å². The first kappa shape index (κ1) is 17.6. The first-order chi connectivity index (χ1) is 14.2. The van der Waals surface area contributed by atoms with Crippen LogP contribution in [0.3, 0.4) is 0 Å². The van der Waals surface area contributed by atoms with Crippen LogP contribution in [0.25, 0.3) is 0 Å². The van der Waals surface area contributed by atoms with Crippen molar-refractivity contribution in [1.29, 1.82) is 0 Å². The normalized spacial score (nSPS) is 18.2. The number of ketones is 2. The lowest BCUT2D eigenvalue weighted by Gasteiger charge is -2.19. The van der Waals surface area contributed by atoms with Crippen LogP contribution in [0.15, 0.2) is 77.8 Å². The van der Waals surface area contributed by atoms with E-state index in [-0.39, 0.29) is 17.6 Å². The van der Waals surface area contributed by atoms with E-state index in [1.807, 2.05) is 60.7 Å². The predicted octanol–water partition coefficient (Wildman–Crippen LogP) is 5.52. The van der Waals surface area contributed by atoms with E-state index in [0.29, 0.717) is 18.4 Å². The van der Waals surface area contributed by atoms with Crippen LogP contribution < -0.4 is 5.32 Å². The summed E-state index contributed by atoms with van der Waals surface area (Å²) in [7, 11) is 0. The number of carbonyl (C=O) groups is 2. The van der Waals surface area contributed by atoms with Gasteiger partial charge in [-0.25, -0.2) is 0 Å². The number of rotatable bonds is 2. The maximum absolute atomic E-state index is 12.4. The van der Waals surface area contributed by atoms with Crippen molar-refractivity contribution in [1.82, 2.24) is 0 Å². The predicted molar refractivity (Wildman–Crippen MR) is 114 cm³/mol. The Morgan fingerprint density at radius 2 is 1.52 bits per heavy atom. The summed E-state index contributed by atoms with van der Waals surface area (Å²) in [5.74, 6) is 0.288. The Kier molecular flexibility index (Phi) is 4.32. The summed E-state index contributed by atoms with van der Waals surface area (Å²) in [6.45, 7) is 0. The largest absolute Gasteiger partial charge is 0.378 e. The fourth-order valence-corrected chi connectivity index (χ4v) is 4.09. The minimum Gasteiger partial charge on any atom is -0.378 e. The van der Waals surface area contributed by atoms with E-state index in [2.05, 4.69) is 17.4 Å². The van der Waals surface area contributed by atoms with E-state index in [1.54, 1.807) is 0 Å². The van der Waals surface area contributed by atoms with Crippen LogP contribution in [0.4, 0.5) is 11.4 Å². The highest BCUT2D eigenvalue weighted by Gasteiger charge is 2.23. The molecule has 1 atom stereocenters. The second-order valence-corrected chi connectivity index (χ2v) is 7.50. The van der Waals surface area contributed by atoms with Gasteiger partial charge in [-0.3, -0.25) is 14.6 Å². The quantitative estimate of drug-likeness (QED) is 0.636. The van der Waals surface area contributed by atoms with Gasteiger partial charge in [0.2, 0.25) is 0 Å². The van der Waals surface area contributed by atoms with Crippen LogP contribution in [-0.4, -0.2) is 17.3 Å². The zero-order chi connectivity index (χ0) is 19.8. The molecule has 0 aromatic heterocycles. The number of aliphatic imine (C=N–C) groups is 1. The van der Waals surface area contributed by atoms with Crippen LogP contribution in [0.5, 0.6) is 0 Å². The van der Waals surface area contributed by atoms with Crippen LogP contribution in [0.2, 0.25) is 0 Å². The molecular weight excluding hydrogens is 360 g/mol. The van der Waals surface area contributed by atoms with Crippen LogP contribution in [-0.2, 0) is 0 Å². The number of nitrogens with one attached hydrogen (secondary N) is 1. The van der Waals surface area contributed by atoms with Crippen LogP contribution in [0.1, 0.15) is 57.1 Å². The summed E-state index contributed by atoms with van der Waals surface area (Å²) in [6, 6.07) is 23.4. The van der Waals surface area contributed by atoms with Gasteiger partial charge in [0.25, 0.3) is 0 Å². The second-order valence-electron chi connectivity index (χ2n) is 7.50. The standard InChI is InChI=1S/C25H20N2O2/c28-24-14-13-20(26-21-7-3-1-5-18(21)24)16-9-11-17(12-10-16)23-15-25(29)19-6-2-4-8-22(19)27-23/h1-12,20,26H,13-15H2. The Labute approximate surface area is 169 Å². The Bertz CT molecular complexity index is 1150. The van der Waals surface area contributed by atoms with Crippen molar-refractivity contribution in [2.75, 3.05) is 5.32 Å². The third-order valence-corrected chi connectivity index (χ3v) is 5.65. The lowest BCUT2D eigenvalue weighted by atomic mass is 9.94. The van der Waals surface area contributed by atoms with E-state index < -0.39 is 0 Å². The highest BCUT2D eigenvalue weighted by atomic mass is 16.1.